The zero-order valence-electron chi connectivity index (χ0n) is 12.0. The molecule has 3 rings (SSSR count). The van der Waals surface area contributed by atoms with Crippen LogP contribution in [0.5, 0.6) is 0 Å². The van der Waals surface area contributed by atoms with Gasteiger partial charge in [0.15, 0.2) is 11.6 Å². The molecule has 7 heteroatoms. The third kappa shape index (κ3) is 2.64. The van der Waals surface area contributed by atoms with Crippen molar-refractivity contribution in [1.82, 2.24) is 14.9 Å². The van der Waals surface area contributed by atoms with Crippen molar-refractivity contribution in [3.8, 4) is 0 Å². The summed E-state index contributed by atoms with van der Waals surface area (Å²) in [6.45, 7) is 7.13. The lowest BCUT2D eigenvalue weighted by atomic mass is 10.3. The van der Waals surface area contributed by atoms with Crippen LogP contribution < -0.4 is 15.5 Å². The summed E-state index contributed by atoms with van der Waals surface area (Å²) in [5.74, 6) is 1.71. The molecule has 0 atom stereocenters. The van der Waals surface area contributed by atoms with Crippen molar-refractivity contribution in [3.63, 3.8) is 0 Å². The van der Waals surface area contributed by atoms with Crippen LogP contribution in [0.2, 0.25) is 0 Å². The third-order valence-electron chi connectivity index (χ3n) is 3.96. The fourth-order valence-electron chi connectivity index (χ4n) is 2.67. The minimum absolute atomic E-state index is 0.693. The summed E-state index contributed by atoms with van der Waals surface area (Å²) in [6.07, 6.45) is 1.62. The van der Waals surface area contributed by atoms with Crippen LogP contribution in [-0.2, 0) is 4.74 Å². The minimum Gasteiger partial charge on any atom is -0.393 e. The average Bonchev–Trinajstić information content (AvgIpc) is 2.49. The molecule has 7 nitrogen and oxygen atoms in total. The van der Waals surface area contributed by atoms with E-state index in [1.165, 1.54) is 0 Å². The molecular weight excluding hydrogens is 256 g/mol. The third-order valence-corrected chi connectivity index (χ3v) is 3.96. The van der Waals surface area contributed by atoms with E-state index >= 15 is 0 Å². The van der Waals surface area contributed by atoms with Crippen LogP contribution in [0.15, 0.2) is 6.33 Å². The van der Waals surface area contributed by atoms with Crippen LogP contribution in [-0.4, -0.2) is 74.4 Å². The number of rotatable bonds is 2. The number of nitrogens with zero attached hydrogens (tertiary/aromatic N) is 5. The largest absolute Gasteiger partial charge is 0.393 e. The molecule has 0 unspecified atom stereocenters. The van der Waals surface area contributed by atoms with E-state index < -0.39 is 0 Å². The number of likely N-dealkylation sites (N-methyl/N-ethyl adjacent to an activating group) is 1. The van der Waals surface area contributed by atoms with E-state index in [0.29, 0.717) is 5.69 Å². The Morgan fingerprint density at radius 3 is 2.10 bits per heavy atom. The lowest BCUT2D eigenvalue weighted by Gasteiger charge is -2.35. The number of morpholine rings is 1. The Kier molecular flexibility index (Phi) is 3.88. The minimum atomic E-state index is 0.693. The highest BCUT2D eigenvalue weighted by molar-refractivity contribution is 5.75. The van der Waals surface area contributed by atoms with Gasteiger partial charge < -0.3 is 25.2 Å². The summed E-state index contributed by atoms with van der Waals surface area (Å²) < 4.78 is 5.38. The smallest absolute Gasteiger partial charge is 0.157 e. The number of nitrogens with two attached hydrogens (primary N) is 1. The number of hydrogen-bond acceptors (Lipinski definition) is 7. The number of piperazine rings is 1. The molecule has 2 saturated heterocycles. The molecular formula is C13H22N6O. The normalized spacial score (nSPS) is 21.2. The SMILES string of the molecule is CN1CCN(c2ncnc(N3CCOCC3)c2N)CC1. The second-order valence-electron chi connectivity index (χ2n) is 5.32. The van der Waals surface area contributed by atoms with Crippen LogP contribution in [0.4, 0.5) is 17.3 Å². The molecule has 2 fully saturated rings. The first-order chi connectivity index (χ1) is 9.75. The summed E-state index contributed by atoms with van der Waals surface area (Å²) in [4.78, 5) is 15.5. The molecule has 0 spiro atoms. The molecule has 2 aliphatic rings. The Labute approximate surface area is 119 Å². The maximum Gasteiger partial charge on any atom is 0.157 e. The number of hydrogen-bond donors (Lipinski definition) is 1. The van der Waals surface area contributed by atoms with Crippen molar-refractivity contribution in [2.45, 2.75) is 0 Å². The van der Waals surface area contributed by atoms with Gasteiger partial charge in [0, 0.05) is 39.3 Å². The van der Waals surface area contributed by atoms with E-state index in [4.69, 9.17) is 10.5 Å². The molecule has 1 aromatic rings. The number of nitrogen functional groups attached to an aromatic ring is 1. The molecule has 110 valence electrons. The highest BCUT2D eigenvalue weighted by atomic mass is 16.5. The van der Waals surface area contributed by atoms with Crippen LogP contribution in [0, 0.1) is 0 Å². The van der Waals surface area contributed by atoms with Crippen molar-refractivity contribution in [2.24, 2.45) is 0 Å². The predicted octanol–water partition coefficient (Wildman–Crippen LogP) is -0.353. The van der Waals surface area contributed by atoms with Crippen molar-refractivity contribution in [2.75, 3.05) is 75.1 Å². The summed E-state index contributed by atoms with van der Waals surface area (Å²) >= 11 is 0. The van der Waals surface area contributed by atoms with E-state index in [2.05, 4.69) is 31.7 Å². The summed E-state index contributed by atoms with van der Waals surface area (Å²) in [6, 6.07) is 0. The molecule has 2 aliphatic heterocycles. The highest BCUT2D eigenvalue weighted by Crippen LogP contribution is 2.29. The quantitative estimate of drug-likeness (QED) is 0.792. The molecule has 0 aliphatic carbocycles. The maximum atomic E-state index is 6.32. The van der Waals surface area contributed by atoms with E-state index in [1.807, 2.05) is 0 Å². The van der Waals surface area contributed by atoms with Gasteiger partial charge in [-0.05, 0) is 7.05 Å². The standard InChI is InChI=1S/C13H22N6O/c1-17-2-4-18(5-3-17)12-11(14)13(16-10-15-12)19-6-8-20-9-7-19/h10H,2-9,14H2,1H3. The second kappa shape index (κ2) is 5.80. The lowest BCUT2D eigenvalue weighted by molar-refractivity contribution is 0.122. The summed E-state index contributed by atoms with van der Waals surface area (Å²) in [5.41, 5.74) is 7.01. The van der Waals surface area contributed by atoms with Gasteiger partial charge in [-0.15, -0.1) is 0 Å². The Balaban J connectivity index is 1.81. The van der Waals surface area contributed by atoms with Crippen LogP contribution >= 0.6 is 0 Å². The van der Waals surface area contributed by atoms with Gasteiger partial charge in [0.1, 0.15) is 12.0 Å². The Morgan fingerprint density at radius 2 is 1.50 bits per heavy atom. The Hall–Kier alpha value is -1.60. The fraction of sp³-hybridized carbons (Fsp3) is 0.692. The lowest BCUT2D eigenvalue weighted by Crippen LogP contribution is -2.45. The van der Waals surface area contributed by atoms with Gasteiger partial charge in [-0.3, -0.25) is 0 Å². The molecule has 0 bridgehead atoms. The zero-order chi connectivity index (χ0) is 13.9. The first-order valence-electron chi connectivity index (χ1n) is 7.12. The number of aromatic nitrogens is 2. The predicted molar refractivity (Wildman–Crippen MR) is 79.2 cm³/mol. The molecule has 0 aromatic carbocycles. The second-order valence-corrected chi connectivity index (χ2v) is 5.32. The van der Waals surface area contributed by atoms with Crippen molar-refractivity contribution in [3.05, 3.63) is 6.33 Å². The van der Waals surface area contributed by atoms with Gasteiger partial charge >= 0.3 is 0 Å². The molecule has 2 N–H and O–H groups in total. The van der Waals surface area contributed by atoms with E-state index in [9.17, 15) is 0 Å². The summed E-state index contributed by atoms with van der Waals surface area (Å²) in [7, 11) is 2.14. The molecule has 3 heterocycles. The molecule has 0 saturated carbocycles. The van der Waals surface area contributed by atoms with Crippen molar-refractivity contribution >= 4 is 17.3 Å². The highest BCUT2D eigenvalue weighted by Gasteiger charge is 2.22. The van der Waals surface area contributed by atoms with E-state index in [0.717, 1.165) is 64.1 Å². The number of anilines is 3. The monoisotopic (exact) mass is 278 g/mol. The van der Waals surface area contributed by atoms with Gasteiger partial charge in [-0.25, -0.2) is 9.97 Å². The summed E-state index contributed by atoms with van der Waals surface area (Å²) in [5, 5.41) is 0. The van der Waals surface area contributed by atoms with Gasteiger partial charge in [-0.2, -0.15) is 0 Å². The topological polar surface area (TPSA) is 70.8 Å². The zero-order valence-corrected chi connectivity index (χ0v) is 12.0. The molecule has 20 heavy (non-hydrogen) atoms. The average molecular weight is 278 g/mol. The van der Waals surface area contributed by atoms with Gasteiger partial charge in [0.05, 0.1) is 13.2 Å². The first kappa shape index (κ1) is 13.4. The van der Waals surface area contributed by atoms with Crippen molar-refractivity contribution < 1.29 is 4.74 Å². The van der Waals surface area contributed by atoms with E-state index in [1.54, 1.807) is 6.33 Å². The van der Waals surface area contributed by atoms with Crippen LogP contribution in [0.1, 0.15) is 0 Å². The van der Waals surface area contributed by atoms with Gasteiger partial charge in [-0.1, -0.05) is 0 Å². The number of ether oxygens (including phenoxy) is 1. The Morgan fingerprint density at radius 1 is 0.950 bits per heavy atom. The van der Waals surface area contributed by atoms with Gasteiger partial charge in [0.25, 0.3) is 0 Å². The van der Waals surface area contributed by atoms with Crippen LogP contribution in [0.25, 0.3) is 0 Å². The molecule has 1 aromatic heterocycles. The Bertz CT molecular complexity index is 454. The fourth-order valence-corrected chi connectivity index (χ4v) is 2.67. The first-order valence-corrected chi connectivity index (χ1v) is 7.12. The molecule has 0 amide bonds. The molecule has 0 radical (unpaired) electrons. The maximum absolute atomic E-state index is 6.32. The van der Waals surface area contributed by atoms with E-state index in [-0.39, 0.29) is 0 Å². The van der Waals surface area contributed by atoms with Gasteiger partial charge in [0.2, 0.25) is 0 Å². The van der Waals surface area contributed by atoms with Crippen LogP contribution in [0.3, 0.4) is 0 Å². The van der Waals surface area contributed by atoms with Crippen molar-refractivity contribution in [1.29, 1.82) is 0 Å².